The molecule has 0 aliphatic carbocycles. The zero-order valence-corrected chi connectivity index (χ0v) is 11.2. The first-order chi connectivity index (χ1) is 10.2. The van der Waals surface area contributed by atoms with E-state index in [4.69, 9.17) is 0 Å². The van der Waals surface area contributed by atoms with Gasteiger partial charge < -0.3 is 14.8 Å². The van der Waals surface area contributed by atoms with Crippen LogP contribution in [0.25, 0.3) is 5.65 Å². The summed E-state index contributed by atoms with van der Waals surface area (Å²) in [4.78, 5) is 16.5. The van der Waals surface area contributed by atoms with Gasteiger partial charge in [-0.2, -0.15) is 4.98 Å². The van der Waals surface area contributed by atoms with Crippen molar-refractivity contribution in [2.75, 3.05) is 5.32 Å². The Bertz CT molecular complexity index is 839. The standard InChI is InChI=1S/C16H13N3O2/c20-13-8-12(10-4-2-1-3-5-10)17-15-11(13)6-7-19-9-14(21)18-16(15)19/h1-7,9,12,17,21H,8H2. The molecular weight excluding hydrogens is 266 g/mol. The fraction of sp³-hybridized carbons (Fsp3) is 0.125. The summed E-state index contributed by atoms with van der Waals surface area (Å²) in [6.07, 6.45) is 3.68. The van der Waals surface area contributed by atoms with Crippen LogP contribution in [-0.2, 0) is 0 Å². The molecule has 2 aromatic heterocycles. The van der Waals surface area contributed by atoms with Gasteiger partial charge in [-0.3, -0.25) is 4.79 Å². The van der Waals surface area contributed by atoms with Crippen molar-refractivity contribution in [3.05, 3.63) is 59.9 Å². The third kappa shape index (κ3) is 1.86. The van der Waals surface area contributed by atoms with Gasteiger partial charge in [-0.05, 0) is 11.6 Å². The Kier molecular flexibility index (Phi) is 2.47. The number of benzene rings is 1. The van der Waals surface area contributed by atoms with Crippen molar-refractivity contribution >= 4 is 17.1 Å². The Labute approximate surface area is 120 Å². The van der Waals surface area contributed by atoms with E-state index < -0.39 is 0 Å². The van der Waals surface area contributed by atoms with Crippen LogP contribution in [0.3, 0.4) is 0 Å². The first-order valence-corrected chi connectivity index (χ1v) is 6.78. The average molecular weight is 279 g/mol. The number of aromatic hydroxyl groups is 1. The van der Waals surface area contributed by atoms with Crippen LogP contribution >= 0.6 is 0 Å². The van der Waals surface area contributed by atoms with Gasteiger partial charge in [-0.25, -0.2) is 0 Å². The first kappa shape index (κ1) is 12.0. The molecule has 21 heavy (non-hydrogen) atoms. The predicted molar refractivity (Wildman–Crippen MR) is 78.6 cm³/mol. The summed E-state index contributed by atoms with van der Waals surface area (Å²) in [6.45, 7) is 0. The highest BCUT2D eigenvalue weighted by Crippen LogP contribution is 2.35. The van der Waals surface area contributed by atoms with E-state index in [0.717, 1.165) is 5.56 Å². The molecule has 0 saturated carbocycles. The molecule has 0 spiro atoms. The van der Waals surface area contributed by atoms with E-state index in [0.29, 0.717) is 23.3 Å². The van der Waals surface area contributed by atoms with Gasteiger partial charge >= 0.3 is 0 Å². The second-order valence-electron chi connectivity index (χ2n) is 5.17. The minimum Gasteiger partial charge on any atom is -0.492 e. The second kappa shape index (κ2) is 4.34. The fourth-order valence-electron chi connectivity index (χ4n) is 2.82. The first-order valence-electron chi connectivity index (χ1n) is 6.78. The molecule has 1 aromatic carbocycles. The SMILES string of the molecule is O=C1CC(c2ccccc2)Nc2c1ccn1cc(O)nc21. The van der Waals surface area contributed by atoms with Crippen LogP contribution in [0.2, 0.25) is 0 Å². The number of ketones is 1. The van der Waals surface area contributed by atoms with E-state index in [9.17, 15) is 9.90 Å². The fourth-order valence-corrected chi connectivity index (χ4v) is 2.82. The van der Waals surface area contributed by atoms with Gasteiger partial charge in [0.05, 0.1) is 17.9 Å². The lowest BCUT2D eigenvalue weighted by atomic mass is 9.93. The summed E-state index contributed by atoms with van der Waals surface area (Å²) in [5.41, 5.74) is 2.94. The van der Waals surface area contributed by atoms with Gasteiger partial charge in [-0.1, -0.05) is 30.3 Å². The lowest BCUT2D eigenvalue weighted by molar-refractivity contribution is 0.0972. The minimum absolute atomic E-state index is 0.0560. The Morgan fingerprint density at radius 3 is 2.86 bits per heavy atom. The number of nitrogens with zero attached hydrogens (tertiary/aromatic N) is 2. The molecular formula is C16H13N3O2. The van der Waals surface area contributed by atoms with Crippen LogP contribution in [0, 0.1) is 0 Å². The Morgan fingerprint density at radius 2 is 2.05 bits per heavy atom. The van der Waals surface area contributed by atoms with Gasteiger partial charge in [0.1, 0.15) is 0 Å². The Balaban J connectivity index is 1.86. The number of anilines is 1. The number of carbonyl (C=O) groups is 1. The zero-order valence-electron chi connectivity index (χ0n) is 11.2. The normalized spacial score (nSPS) is 17.5. The molecule has 104 valence electrons. The highest BCUT2D eigenvalue weighted by atomic mass is 16.3. The lowest BCUT2D eigenvalue weighted by Crippen LogP contribution is -2.23. The largest absolute Gasteiger partial charge is 0.492 e. The molecule has 5 nitrogen and oxygen atoms in total. The molecule has 0 radical (unpaired) electrons. The van der Waals surface area contributed by atoms with E-state index in [1.807, 2.05) is 30.3 Å². The molecule has 3 heterocycles. The highest BCUT2D eigenvalue weighted by Gasteiger charge is 2.27. The van der Waals surface area contributed by atoms with Crippen molar-refractivity contribution in [2.45, 2.75) is 12.5 Å². The number of fused-ring (bicyclic) bond motifs is 3. The summed E-state index contributed by atoms with van der Waals surface area (Å²) in [5.74, 6) is 0.0297. The van der Waals surface area contributed by atoms with Crippen molar-refractivity contribution < 1.29 is 9.90 Å². The summed E-state index contributed by atoms with van der Waals surface area (Å²) >= 11 is 0. The average Bonchev–Trinajstić information content (AvgIpc) is 2.89. The molecule has 1 unspecified atom stereocenters. The highest BCUT2D eigenvalue weighted by molar-refractivity contribution is 6.06. The van der Waals surface area contributed by atoms with Crippen LogP contribution in [0.1, 0.15) is 28.4 Å². The molecule has 0 amide bonds. The number of nitrogens with one attached hydrogen (secondary N) is 1. The van der Waals surface area contributed by atoms with E-state index in [1.54, 1.807) is 16.7 Å². The van der Waals surface area contributed by atoms with E-state index in [2.05, 4.69) is 10.3 Å². The number of hydrogen-bond donors (Lipinski definition) is 2. The van der Waals surface area contributed by atoms with Crippen molar-refractivity contribution in [1.82, 2.24) is 9.38 Å². The number of pyridine rings is 1. The molecule has 0 saturated heterocycles. The molecule has 1 aliphatic rings. The molecule has 1 atom stereocenters. The number of aromatic nitrogens is 2. The quantitative estimate of drug-likeness (QED) is 0.719. The van der Waals surface area contributed by atoms with Crippen molar-refractivity contribution in [2.24, 2.45) is 0 Å². The molecule has 5 heteroatoms. The van der Waals surface area contributed by atoms with Gasteiger partial charge in [0.15, 0.2) is 11.4 Å². The number of hydrogen-bond acceptors (Lipinski definition) is 4. The van der Waals surface area contributed by atoms with E-state index in [-0.39, 0.29) is 17.7 Å². The summed E-state index contributed by atoms with van der Waals surface area (Å²) in [6, 6.07) is 11.6. The molecule has 2 N–H and O–H groups in total. The molecule has 4 rings (SSSR count). The molecule has 1 aliphatic heterocycles. The van der Waals surface area contributed by atoms with E-state index in [1.165, 1.54) is 6.20 Å². The van der Waals surface area contributed by atoms with Crippen LogP contribution in [0.4, 0.5) is 5.69 Å². The van der Waals surface area contributed by atoms with Crippen molar-refractivity contribution in [3.63, 3.8) is 0 Å². The lowest BCUT2D eigenvalue weighted by Gasteiger charge is -2.26. The molecule has 0 bridgehead atoms. The maximum atomic E-state index is 12.4. The number of rotatable bonds is 1. The second-order valence-corrected chi connectivity index (χ2v) is 5.17. The maximum Gasteiger partial charge on any atom is 0.230 e. The number of carbonyl (C=O) groups excluding carboxylic acids is 1. The molecule has 0 fully saturated rings. The molecule has 3 aromatic rings. The third-order valence-corrected chi connectivity index (χ3v) is 3.82. The summed E-state index contributed by atoms with van der Waals surface area (Å²) in [5, 5.41) is 12.9. The topological polar surface area (TPSA) is 66.6 Å². The maximum absolute atomic E-state index is 12.4. The smallest absolute Gasteiger partial charge is 0.230 e. The minimum atomic E-state index is -0.0729. The van der Waals surface area contributed by atoms with E-state index >= 15 is 0 Å². The zero-order chi connectivity index (χ0) is 14.4. The summed E-state index contributed by atoms with van der Waals surface area (Å²) in [7, 11) is 0. The number of imidazole rings is 1. The summed E-state index contributed by atoms with van der Waals surface area (Å²) < 4.78 is 1.71. The van der Waals surface area contributed by atoms with Crippen molar-refractivity contribution in [3.8, 4) is 5.88 Å². The van der Waals surface area contributed by atoms with Crippen LogP contribution in [0.5, 0.6) is 5.88 Å². The number of Topliss-reactive ketones (excluding diaryl/α,β-unsaturated/α-hetero) is 1. The van der Waals surface area contributed by atoms with Crippen molar-refractivity contribution in [1.29, 1.82) is 0 Å². The van der Waals surface area contributed by atoms with Gasteiger partial charge in [0.25, 0.3) is 0 Å². The Hall–Kier alpha value is -2.82. The van der Waals surface area contributed by atoms with Crippen LogP contribution in [-0.4, -0.2) is 20.3 Å². The van der Waals surface area contributed by atoms with Gasteiger partial charge in [0.2, 0.25) is 5.88 Å². The third-order valence-electron chi connectivity index (χ3n) is 3.82. The van der Waals surface area contributed by atoms with Gasteiger partial charge in [0, 0.05) is 18.2 Å². The predicted octanol–water partition coefficient (Wildman–Crippen LogP) is 2.78. The monoisotopic (exact) mass is 279 g/mol. The van der Waals surface area contributed by atoms with Crippen LogP contribution < -0.4 is 5.32 Å². The Morgan fingerprint density at radius 1 is 1.24 bits per heavy atom. The van der Waals surface area contributed by atoms with Crippen LogP contribution in [0.15, 0.2) is 48.8 Å². The van der Waals surface area contributed by atoms with Gasteiger partial charge in [-0.15, -0.1) is 0 Å².